The summed E-state index contributed by atoms with van der Waals surface area (Å²) < 4.78 is 20.0. The number of halogens is 1. The van der Waals surface area contributed by atoms with Crippen LogP contribution in [0.3, 0.4) is 0 Å². The molecule has 1 aromatic carbocycles. The predicted molar refractivity (Wildman–Crippen MR) is 115 cm³/mol. The Bertz CT molecular complexity index is 1230. The molecule has 1 aliphatic heterocycles. The Labute approximate surface area is 189 Å². The number of carbonyl (C=O) groups is 1. The smallest absolute Gasteiger partial charge is 0.296 e. The van der Waals surface area contributed by atoms with E-state index in [1.54, 1.807) is 19.1 Å². The molecule has 3 heterocycles. The van der Waals surface area contributed by atoms with Gasteiger partial charge < -0.3 is 14.8 Å². The zero-order valence-electron chi connectivity index (χ0n) is 18.6. The summed E-state index contributed by atoms with van der Waals surface area (Å²) in [6.07, 6.45) is -0.269. The summed E-state index contributed by atoms with van der Waals surface area (Å²) in [7, 11) is 0. The van der Waals surface area contributed by atoms with Crippen LogP contribution in [0.15, 0.2) is 33.5 Å². The minimum atomic E-state index is -0.702. The van der Waals surface area contributed by atoms with Gasteiger partial charge in [-0.3, -0.25) is 19.1 Å². The Morgan fingerprint density at radius 3 is 2.64 bits per heavy atom. The van der Waals surface area contributed by atoms with E-state index in [2.05, 4.69) is 25.4 Å². The summed E-state index contributed by atoms with van der Waals surface area (Å²) in [5.74, 6) is 0.0449. The lowest BCUT2D eigenvalue weighted by Crippen LogP contribution is -2.52. The van der Waals surface area contributed by atoms with Crippen molar-refractivity contribution in [2.45, 2.75) is 52.4 Å². The molecule has 11 heteroatoms. The molecular formula is C22H25FN6O4. The van der Waals surface area contributed by atoms with Gasteiger partial charge in [0.1, 0.15) is 11.6 Å². The average Bonchev–Trinajstić information content (AvgIpc) is 3.18. The topological polar surface area (TPSA) is 126 Å². The predicted octanol–water partition coefficient (Wildman–Crippen LogP) is 1.39. The second-order valence-electron chi connectivity index (χ2n) is 8.46. The molecule has 0 saturated heterocycles. The molecule has 0 aliphatic carbocycles. The molecule has 33 heavy (non-hydrogen) atoms. The lowest BCUT2D eigenvalue weighted by molar-refractivity contribution is -0.120. The summed E-state index contributed by atoms with van der Waals surface area (Å²) >= 11 is 0. The SMILES string of the molecule is Cc1nnc(CN2CCn3c(nc(CC(=O)NCc4ccc(F)cc4)c(O)c3=O)C2(C)C)o1. The quantitative estimate of drug-likeness (QED) is 0.570. The zero-order valence-corrected chi connectivity index (χ0v) is 18.6. The van der Waals surface area contributed by atoms with Crippen molar-refractivity contribution < 1.29 is 18.7 Å². The molecule has 0 radical (unpaired) electrons. The summed E-state index contributed by atoms with van der Waals surface area (Å²) in [4.78, 5) is 31.9. The van der Waals surface area contributed by atoms with E-state index >= 15 is 0 Å². The van der Waals surface area contributed by atoms with Crippen molar-refractivity contribution in [3.8, 4) is 5.75 Å². The molecule has 0 unspecified atom stereocenters. The molecule has 1 aliphatic rings. The van der Waals surface area contributed by atoms with E-state index in [9.17, 15) is 19.1 Å². The van der Waals surface area contributed by atoms with Crippen molar-refractivity contribution in [3.05, 3.63) is 69.3 Å². The first-order chi connectivity index (χ1) is 15.6. The first-order valence-electron chi connectivity index (χ1n) is 10.5. The normalized spacial score (nSPS) is 15.3. The molecule has 0 atom stereocenters. The van der Waals surface area contributed by atoms with Crippen LogP contribution in [0.5, 0.6) is 5.75 Å². The van der Waals surface area contributed by atoms with Crippen LogP contribution in [-0.2, 0) is 36.4 Å². The number of aromatic hydroxyl groups is 1. The Morgan fingerprint density at radius 1 is 1.24 bits per heavy atom. The average molecular weight is 456 g/mol. The van der Waals surface area contributed by atoms with Gasteiger partial charge in [0, 0.05) is 26.6 Å². The van der Waals surface area contributed by atoms with Gasteiger partial charge in [-0.15, -0.1) is 10.2 Å². The van der Waals surface area contributed by atoms with Crippen LogP contribution >= 0.6 is 0 Å². The molecular weight excluding hydrogens is 431 g/mol. The Morgan fingerprint density at radius 2 is 1.97 bits per heavy atom. The second kappa shape index (κ2) is 8.74. The number of rotatable bonds is 6. The van der Waals surface area contributed by atoms with Gasteiger partial charge in [-0.2, -0.15) is 0 Å². The van der Waals surface area contributed by atoms with Crippen molar-refractivity contribution in [1.82, 2.24) is 30.0 Å². The highest BCUT2D eigenvalue weighted by atomic mass is 19.1. The number of carbonyl (C=O) groups excluding carboxylic acids is 1. The van der Waals surface area contributed by atoms with E-state index in [1.165, 1.54) is 16.7 Å². The molecule has 2 N–H and O–H groups in total. The number of aromatic nitrogens is 4. The van der Waals surface area contributed by atoms with Gasteiger partial charge in [0.2, 0.25) is 23.4 Å². The van der Waals surface area contributed by atoms with Gasteiger partial charge in [0.25, 0.3) is 5.56 Å². The number of nitrogens with one attached hydrogen (secondary N) is 1. The summed E-state index contributed by atoms with van der Waals surface area (Å²) in [6, 6.07) is 5.75. The molecule has 0 spiro atoms. The minimum Gasteiger partial charge on any atom is -0.502 e. The van der Waals surface area contributed by atoms with Gasteiger partial charge in [0.15, 0.2) is 0 Å². The number of amides is 1. The third kappa shape index (κ3) is 4.63. The fourth-order valence-electron chi connectivity index (χ4n) is 3.89. The highest BCUT2D eigenvalue weighted by Crippen LogP contribution is 2.31. The van der Waals surface area contributed by atoms with Crippen LogP contribution in [0.2, 0.25) is 0 Å². The Kier molecular flexibility index (Phi) is 5.98. The third-order valence-electron chi connectivity index (χ3n) is 5.77. The van der Waals surface area contributed by atoms with Crippen LogP contribution in [0, 0.1) is 12.7 Å². The molecule has 1 amide bonds. The minimum absolute atomic E-state index is 0.00594. The first kappa shape index (κ1) is 22.6. The van der Waals surface area contributed by atoms with E-state index in [4.69, 9.17) is 4.42 Å². The number of fused-ring (bicyclic) bond motifs is 1. The fraction of sp³-hybridized carbons (Fsp3) is 0.409. The maximum absolute atomic E-state index is 13.0. The molecule has 2 aromatic heterocycles. The zero-order chi connectivity index (χ0) is 23.8. The largest absolute Gasteiger partial charge is 0.502 e. The number of benzene rings is 1. The summed E-state index contributed by atoms with van der Waals surface area (Å²) in [5.41, 5.74) is -0.554. The van der Waals surface area contributed by atoms with Gasteiger partial charge in [-0.1, -0.05) is 12.1 Å². The van der Waals surface area contributed by atoms with E-state index in [0.717, 1.165) is 5.56 Å². The number of aryl methyl sites for hydroxylation is 1. The molecule has 10 nitrogen and oxygen atoms in total. The second-order valence-corrected chi connectivity index (χ2v) is 8.46. The van der Waals surface area contributed by atoms with Crippen molar-refractivity contribution >= 4 is 5.91 Å². The molecule has 174 valence electrons. The van der Waals surface area contributed by atoms with Crippen LogP contribution in [-0.4, -0.2) is 42.2 Å². The maximum atomic E-state index is 13.0. The Balaban J connectivity index is 1.54. The van der Waals surface area contributed by atoms with Gasteiger partial charge in [-0.25, -0.2) is 9.37 Å². The van der Waals surface area contributed by atoms with Crippen LogP contribution in [0.25, 0.3) is 0 Å². The van der Waals surface area contributed by atoms with Crippen LogP contribution in [0.1, 0.15) is 42.7 Å². The standard InChI is InChI=1S/C22H25FN6O4/c1-13-26-27-18(33-13)12-28-8-9-29-20(32)19(31)16(25-21(29)22(28,2)3)10-17(30)24-11-14-4-6-15(23)7-5-14/h4-7,31H,8-12H2,1-3H3,(H,24,30). The molecule has 4 rings (SSSR count). The number of hydrogen-bond acceptors (Lipinski definition) is 8. The van der Waals surface area contributed by atoms with Crippen LogP contribution < -0.4 is 10.9 Å². The third-order valence-corrected chi connectivity index (χ3v) is 5.77. The monoisotopic (exact) mass is 456 g/mol. The lowest BCUT2D eigenvalue weighted by atomic mass is 9.98. The molecule has 3 aromatic rings. The molecule has 0 bridgehead atoms. The van der Waals surface area contributed by atoms with Gasteiger partial charge in [0.05, 0.1) is 24.2 Å². The van der Waals surface area contributed by atoms with E-state index < -0.39 is 22.8 Å². The summed E-state index contributed by atoms with van der Waals surface area (Å²) in [6.45, 7) is 6.92. The molecule has 0 saturated carbocycles. The highest BCUT2D eigenvalue weighted by Gasteiger charge is 2.39. The molecule has 0 fully saturated rings. The summed E-state index contributed by atoms with van der Waals surface area (Å²) in [5, 5.41) is 21.0. The number of hydrogen-bond donors (Lipinski definition) is 2. The van der Waals surface area contributed by atoms with Crippen molar-refractivity contribution in [3.63, 3.8) is 0 Å². The van der Waals surface area contributed by atoms with Gasteiger partial charge in [-0.05, 0) is 31.5 Å². The van der Waals surface area contributed by atoms with Crippen molar-refractivity contribution in [2.75, 3.05) is 6.54 Å². The highest BCUT2D eigenvalue weighted by molar-refractivity contribution is 5.78. The number of nitrogens with zero attached hydrogens (tertiary/aromatic N) is 5. The van der Waals surface area contributed by atoms with Crippen LogP contribution in [0.4, 0.5) is 4.39 Å². The van der Waals surface area contributed by atoms with E-state index in [0.29, 0.717) is 37.2 Å². The fourth-order valence-corrected chi connectivity index (χ4v) is 3.89. The lowest BCUT2D eigenvalue weighted by Gasteiger charge is -2.42. The van der Waals surface area contributed by atoms with E-state index in [-0.39, 0.29) is 24.5 Å². The first-order valence-corrected chi connectivity index (χ1v) is 10.5. The van der Waals surface area contributed by atoms with Crippen molar-refractivity contribution in [2.24, 2.45) is 0 Å². The Hall–Kier alpha value is -3.60. The van der Waals surface area contributed by atoms with Crippen molar-refractivity contribution in [1.29, 1.82) is 0 Å². The maximum Gasteiger partial charge on any atom is 0.296 e. The van der Waals surface area contributed by atoms with Gasteiger partial charge >= 0.3 is 0 Å². The van der Waals surface area contributed by atoms with E-state index in [1.807, 2.05) is 13.8 Å².